The maximum Gasteiger partial charge on any atom is 0.359 e. The lowest BCUT2D eigenvalue weighted by molar-refractivity contribution is 0.0521. The van der Waals surface area contributed by atoms with Gasteiger partial charge in [0, 0.05) is 8.96 Å². The first kappa shape index (κ1) is 14.1. The number of benzene rings is 2. The smallest absolute Gasteiger partial charge is 0.359 e. The minimum absolute atomic E-state index is 0.337. The van der Waals surface area contributed by atoms with E-state index in [-0.39, 0.29) is 0 Å². The van der Waals surface area contributed by atoms with Crippen molar-refractivity contribution in [1.82, 2.24) is 9.78 Å². The van der Waals surface area contributed by atoms with Crippen LogP contribution in [0.3, 0.4) is 0 Å². The second kappa shape index (κ2) is 5.85. The first-order chi connectivity index (χ1) is 10.2. The van der Waals surface area contributed by atoms with E-state index in [1.807, 2.05) is 48.5 Å². The van der Waals surface area contributed by atoms with Crippen LogP contribution in [0.5, 0.6) is 0 Å². The summed E-state index contributed by atoms with van der Waals surface area (Å²) in [5, 5.41) is 5.26. The second-order valence-corrected chi connectivity index (χ2v) is 5.72. The van der Waals surface area contributed by atoms with Gasteiger partial charge in [-0.3, -0.25) is 0 Å². The Labute approximate surface area is 135 Å². The Morgan fingerprint density at radius 2 is 2.05 bits per heavy atom. The van der Waals surface area contributed by atoms with Crippen LogP contribution in [-0.2, 0) is 4.74 Å². The molecule has 0 radical (unpaired) electrons. The molecule has 0 aliphatic carbocycles. The van der Waals surface area contributed by atoms with Gasteiger partial charge in [0.1, 0.15) is 0 Å². The van der Waals surface area contributed by atoms with E-state index in [0.29, 0.717) is 12.3 Å². The van der Waals surface area contributed by atoms with E-state index < -0.39 is 5.97 Å². The average Bonchev–Trinajstić information content (AvgIpc) is 2.87. The van der Waals surface area contributed by atoms with Gasteiger partial charge in [0.05, 0.1) is 17.8 Å². The molecule has 0 aliphatic heterocycles. The number of fused-ring (bicyclic) bond motifs is 1. The molecule has 21 heavy (non-hydrogen) atoms. The van der Waals surface area contributed by atoms with Gasteiger partial charge in [-0.2, -0.15) is 5.10 Å². The molecular weight excluding hydrogens is 379 g/mol. The van der Waals surface area contributed by atoms with Crippen LogP contribution in [0.2, 0.25) is 0 Å². The van der Waals surface area contributed by atoms with Gasteiger partial charge in [0.25, 0.3) is 0 Å². The predicted molar refractivity (Wildman–Crippen MR) is 89.7 cm³/mol. The summed E-state index contributed by atoms with van der Waals surface area (Å²) >= 11 is 2.26. The first-order valence-corrected chi connectivity index (χ1v) is 7.69. The van der Waals surface area contributed by atoms with Crippen LogP contribution in [0.15, 0.2) is 48.5 Å². The number of nitrogens with zero attached hydrogens (tertiary/aromatic N) is 2. The van der Waals surface area contributed by atoms with E-state index in [2.05, 4.69) is 27.7 Å². The van der Waals surface area contributed by atoms with E-state index >= 15 is 0 Å². The molecule has 0 unspecified atom stereocenters. The Balaban J connectivity index is 2.22. The van der Waals surface area contributed by atoms with Crippen molar-refractivity contribution in [3.63, 3.8) is 0 Å². The number of carbonyl (C=O) groups excluding carboxylic acids is 1. The summed E-state index contributed by atoms with van der Waals surface area (Å²) in [6.07, 6.45) is 0. The number of ether oxygens (including phenoxy) is 1. The van der Waals surface area contributed by atoms with Crippen LogP contribution < -0.4 is 0 Å². The standard InChI is InChI=1S/C16H13IN2O2/c1-2-21-16(20)15-13-8-3-4-9-14(13)19(18-15)12-7-5-6-11(17)10-12/h3-10H,2H2,1H3. The Kier molecular flexibility index (Phi) is 3.92. The normalized spacial score (nSPS) is 10.8. The number of hydrogen-bond donors (Lipinski definition) is 0. The molecule has 5 heteroatoms. The van der Waals surface area contributed by atoms with Crippen molar-refractivity contribution in [3.05, 3.63) is 57.8 Å². The molecule has 4 nitrogen and oxygen atoms in total. The van der Waals surface area contributed by atoms with Crippen LogP contribution in [-0.4, -0.2) is 22.4 Å². The highest BCUT2D eigenvalue weighted by Gasteiger charge is 2.18. The summed E-state index contributed by atoms with van der Waals surface area (Å²) in [6, 6.07) is 15.6. The number of rotatable bonds is 3. The van der Waals surface area contributed by atoms with E-state index in [4.69, 9.17) is 4.74 Å². The van der Waals surface area contributed by atoms with Crippen molar-refractivity contribution in [2.24, 2.45) is 0 Å². The number of para-hydroxylation sites is 1. The van der Waals surface area contributed by atoms with Gasteiger partial charge in [-0.05, 0) is 53.8 Å². The maximum absolute atomic E-state index is 12.1. The molecule has 0 fully saturated rings. The molecule has 0 spiro atoms. The van der Waals surface area contributed by atoms with Gasteiger partial charge in [-0.25, -0.2) is 9.48 Å². The second-order valence-electron chi connectivity index (χ2n) is 4.48. The molecule has 1 aromatic heterocycles. The molecular formula is C16H13IN2O2. The molecule has 0 aliphatic rings. The molecule has 0 atom stereocenters. The molecule has 0 bridgehead atoms. The third kappa shape index (κ3) is 2.65. The maximum atomic E-state index is 12.1. The lowest BCUT2D eigenvalue weighted by Gasteiger charge is -2.03. The number of halogens is 1. The summed E-state index contributed by atoms with van der Waals surface area (Å²) in [5.74, 6) is -0.391. The minimum atomic E-state index is -0.391. The zero-order valence-electron chi connectivity index (χ0n) is 11.4. The zero-order chi connectivity index (χ0) is 14.8. The molecule has 3 aromatic rings. The Morgan fingerprint density at radius 3 is 2.81 bits per heavy atom. The molecule has 2 aromatic carbocycles. The van der Waals surface area contributed by atoms with Crippen LogP contribution in [0.1, 0.15) is 17.4 Å². The third-order valence-electron chi connectivity index (χ3n) is 3.11. The Hall–Kier alpha value is -1.89. The van der Waals surface area contributed by atoms with Gasteiger partial charge in [-0.15, -0.1) is 0 Å². The summed E-state index contributed by atoms with van der Waals surface area (Å²) in [4.78, 5) is 12.1. The first-order valence-electron chi connectivity index (χ1n) is 6.61. The lowest BCUT2D eigenvalue weighted by Crippen LogP contribution is -2.07. The largest absolute Gasteiger partial charge is 0.461 e. The number of aromatic nitrogens is 2. The Morgan fingerprint density at radius 1 is 1.24 bits per heavy atom. The van der Waals surface area contributed by atoms with Crippen LogP contribution >= 0.6 is 22.6 Å². The highest BCUT2D eigenvalue weighted by atomic mass is 127. The molecule has 0 saturated carbocycles. The summed E-state index contributed by atoms with van der Waals surface area (Å²) < 4.78 is 7.99. The van der Waals surface area contributed by atoms with Gasteiger partial charge in [0.2, 0.25) is 0 Å². The quantitative estimate of drug-likeness (QED) is 0.503. The summed E-state index contributed by atoms with van der Waals surface area (Å²) in [7, 11) is 0. The number of esters is 1. The molecule has 0 amide bonds. The summed E-state index contributed by atoms with van der Waals surface area (Å²) in [6.45, 7) is 2.12. The predicted octanol–water partition coefficient (Wildman–Crippen LogP) is 3.81. The van der Waals surface area contributed by atoms with E-state index in [1.54, 1.807) is 11.6 Å². The van der Waals surface area contributed by atoms with Gasteiger partial charge in [-0.1, -0.05) is 24.3 Å². The third-order valence-corrected chi connectivity index (χ3v) is 3.78. The lowest BCUT2D eigenvalue weighted by atomic mass is 10.2. The molecule has 3 rings (SSSR count). The molecule has 0 N–H and O–H groups in total. The minimum Gasteiger partial charge on any atom is -0.461 e. The number of carbonyl (C=O) groups is 1. The van der Waals surface area contributed by atoms with Crippen LogP contribution in [0.4, 0.5) is 0 Å². The van der Waals surface area contributed by atoms with E-state index in [9.17, 15) is 4.79 Å². The monoisotopic (exact) mass is 392 g/mol. The highest BCUT2D eigenvalue weighted by molar-refractivity contribution is 14.1. The van der Waals surface area contributed by atoms with Crippen molar-refractivity contribution < 1.29 is 9.53 Å². The Bertz CT molecular complexity index is 811. The van der Waals surface area contributed by atoms with Crippen LogP contribution in [0, 0.1) is 3.57 Å². The van der Waals surface area contributed by atoms with Gasteiger partial charge < -0.3 is 4.74 Å². The fourth-order valence-corrected chi connectivity index (χ4v) is 2.75. The number of hydrogen-bond acceptors (Lipinski definition) is 3. The highest BCUT2D eigenvalue weighted by Crippen LogP contribution is 2.23. The van der Waals surface area contributed by atoms with Crippen molar-refractivity contribution >= 4 is 39.5 Å². The summed E-state index contributed by atoms with van der Waals surface area (Å²) in [5.41, 5.74) is 2.17. The van der Waals surface area contributed by atoms with Crippen molar-refractivity contribution in [2.75, 3.05) is 6.61 Å². The van der Waals surface area contributed by atoms with E-state index in [0.717, 1.165) is 20.2 Å². The fraction of sp³-hybridized carbons (Fsp3) is 0.125. The average molecular weight is 392 g/mol. The van der Waals surface area contributed by atoms with Crippen molar-refractivity contribution in [1.29, 1.82) is 0 Å². The molecule has 106 valence electrons. The van der Waals surface area contributed by atoms with E-state index in [1.165, 1.54) is 0 Å². The topological polar surface area (TPSA) is 44.1 Å². The van der Waals surface area contributed by atoms with Gasteiger partial charge >= 0.3 is 5.97 Å². The molecule has 1 heterocycles. The zero-order valence-corrected chi connectivity index (χ0v) is 13.6. The SMILES string of the molecule is CCOC(=O)c1nn(-c2cccc(I)c2)c2ccccc12. The molecule has 0 saturated heterocycles. The fourth-order valence-electron chi connectivity index (χ4n) is 2.22. The van der Waals surface area contributed by atoms with Gasteiger partial charge in [0.15, 0.2) is 5.69 Å². The van der Waals surface area contributed by atoms with Crippen LogP contribution in [0.25, 0.3) is 16.6 Å². The van der Waals surface area contributed by atoms with Crippen molar-refractivity contribution in [2.45, 2.75) is 6.92 Å². The van der Waals surface area contributed by atoms with Crippen molar-refractivity contribution in [3.8, 4) is 5.69 Å².